The molecule has 1 aliphatic heterocycles. The van der Waals surface area contributed by atoms with E-state index >= 15 is 0 Å². The van der Waals surface area contributed by atoms with Crippen LogP contribution in [0.3, 0.4) is 0 Å². The van der Waals surface area contributed by atoms with Crippen molar-refractivity contribution in [2.24, 2.45) is 0 Å². The third-order valence-corrected chi connectivity index (χ3v) is 6.90. The Balaban J connectivity index is 1.35. The third-order valence-electron chi connectivity index (χ3n) is 6.90. The minimum absolute atomic E-state index is 0.193. The molecule has 2 amide bonds. The zero-order valence-electron chi connectivity index (χ0n) is 23.9. The molecule has 4 rings (SSSR count). The van der Waals surface area contributed by atoms with E-state index in [9.17, 15) is 9.59 Å². The Kier molecular flexibility index (Phi) is 10.2. The summed E-state index contributed by atoms with van der Waals surface area (Å²) in [5.41, 5.74) is 4.42. The number of hydrogen-bond donors (Lipinski definition) is 2. The molecule has 0 radical (unpaired) electrons. The SMILES string of the molecule is Cc1ccc(NC(=O)c2ccnc(N3CCOCC3)c2)cc1NC(=O)c1ccc(CN(C)CCCN(C)C)cc1. The van der Waals surface area contributed by atoms with E-state index in [-0.39, 0.29) is 11.8 Å². The number of nitrogens with zero attached hydrogens (tertiary/aromatic N) is 4. The first kappa shape index (κ1) is 29.2. The molecule has 3 aromatic rings. The van der Waals surface area contributed by atoms with E-state index in [2.05, 4.69) is 51.5 Å². The van der Waals surface area contributed by atoms with Gasteiger partial charge in [0.25, 0.3) is 11.8 Å². The highest BCUT2D eigenvalue weighted by molar-refractivity contribution is 6.07. The number of pyridine rings is 1. The Morgan fingerprint density at radius 1 is 0.900 bits per heavy atom. The number of anilines is 3. The normalized spacial score (nSPS) is 13.5. The second-order valence-corrected chi connectivity index (χ2v) is 10.5. The lowest BCUT2D eigenvalue weighted by Gasteiger charge is -2.27. The molecule has 2 N–H and O–H groups in total. The van der Waals surface area contributed by atoms with Gasteiger partial charge in [0.2, 0.25) is 0 Å². The van der Waals surface area contributed by atoms with E-state index in [0.29, 0.717) is 35.7 Å². The lowest BCUT2D eigenvalue weighted by molar-refractivity contribution is 0.101. The van der Waals surface area contributed by atoms with E-state index in [1.165, 1.54) is 0 Å². The van der Waals surface area contributed by atoms with Crippen molar-refractivity contribution in [3.05, 3.63) is 83.0 Å². The largest absolute Gasteiger partial charge is 0.378 e. The van der Waals surface area contributed by atoms with Gasteiger partial charge in [-0.2, -0.15) is 0 Å². The average Bonchev–Trinajstić information content (AvgIpc) is 2.95. The van der Waals surface area contributed by atoms with Crippen molar-refractivity contribution in [1.82, 2.24) is 14.8 Å². The highest BCUT2D eigenvalue weighted by Gasteiger charge is 2.16. The van der Waals surface area contributed by atoms with Crippen LogP contribution in [-0.2, 0) is 11.3 Å². The van der Waals surface area contributed by atoms with Gasteiger partial charge in [0.15, 0.2) is 0 Å². The fourth-order valence-corrected chi connectivity index (χ4v) is 4.57. The molecule has 0 atom stereocenters. The molecular weight excluding hydrogens is 504 g/mol. The molecular formula is C31H40N6O3. The number of rotatable bonds is 11. The zero-order valence-corrected chi connectivity index (χ0v) is 23.9. The smallest absolute Gasteiger partial charge is 0.255 e. The Morgan fingerprint density at radius 3 is 2.35 bits per heavy atom. The summed E-state index contributed by atoms with van der Waals surface area (Å²) in [4.78, 5) is 37.0. The van der Waals surface area contributed by atoms with Crippen LogP contribution in [0.5, 0.6) is 0 Å². The molecule has 0 aliphatic carbocycles. The van der Waals surface area contributed by atoms with E-state index < -0.39 is 0 Å². The van der Waals surface area contributed by atoms with Crippen molar-refractivity contribution in [3.63, 3.8) is 0 Å². The minimum atomic E-state index is -0.236. The first-order valence-electron chi connectivity index (χ1n) is 13.7. The van der Waals surface area contributed by atoms with Crippen molar-refractivity contribution in [1.29, 1.82) is 0 Å². The van der Waals surface area contributed by atoms with Crippen molar-refractivity contribution in [3.8, 4) is 0 Å². The fourth-order valence-electron chi connectivity index (χ4n) is 4.57. The summed E-state index contributed by atoms with van der Waals surface area (Å²) < 4.78 is 5.41. The average molecular weight is 545 g/mol. The van der Waals surface area contributed by atoms with E-state index in [1.54, 1.807) is 24.4 Å². The predicted octanol–water partition coefficient (Wildman–Crippen LogP) is 4.11. The van der Waals surface area contributed by atoms with Gasteiger partial charge in [-0.25, -0.2) is 4.98 Å². The zero-order chi connectivity index (χ0) is 28.5. The molecule has 0 bridgehead atoms. The minimum Gasteiger partial charge on any atom is -0.378 e. The Bertz CT molecular complexity index is 1290. The van der Waals surface area contributed by atoms with E-state index in [4.69, 9.17) is 4.74 Å². The number of nitrogens with one attached hydrogen (secondary N) is 2. The van der Waals surface area contributed by atoms with E-state index in [0.717, 1.165) is 56.1 Å². The summed E-state index contributed by atoms with van der Waals surface area (Å²) in [5, 5.41) is 5.94. The molecule has 1 fully saturated rings. The molecule has 9 heteroatoms. The Hall–Kier alpha value is -3.79. The first-order chi connectivity index (χ1) is 19.3. The van der Waals surface area contributed by atoms with Crippen LogP contribution in [0.1, 0.15) is 38.3 Å². The quantitative estimate of drug-likeness (QED) is 0.375. The molecule has 1 aliphatic rings. The lowest BCUT2D eigenvalue weighted by Crippen LogP contribution is -2.36. The van der Waals surface area contributed by atoms with Gasteiger partial charge in [-0.1, -0.05) is 18.2 Å². The summed E-state index contributed by atoms with van der Waals surface area (Å²) in [7, 11) is 6.28. The fraction of sp³-hybridized carbons (Fsp3) is 0.387. The van der Waals surface area contributed by atoms with Gasteiger partial charge in [-0.3, -0.25) is 9.59 Å². The van der Waals surface area contributed by atoms with Gasteiger partial charge >= 0.3 is 0 Å². The van der Waals surface area contributed by atoms with Gasteiger partial charge in [-0.05, 0) is 95.1 Å². The van der Waals surface area contributed by atoms with Gasteiger partial charge in [0.05, 0.1) is 13.2 Å². The molecule has 2 aromatic carbocycles. The van der Waals surface area contributed by atoms with Gasteiger partial charge in [0.1, 0.15) is 5.82 Å². The molecule has 0 spiro atoms. The number of morpholine rings is 1. The lowest BCUT2D eigenvalue weighted by atomic mass is 10.1. The van der Waals surface area contributed by atoms with Crippen LogP contribution in [0.2, 0.25) is 0 Å². The van der Waals surface area contributed by atoms with Gasteiger partial charge < -0.3 is 30.1 Å². The number of amides is 2. The van der Waals surface area contributed by atoms with Crippen LogP contribution in [0.25, 0.3) is 0 Å². The predicted molar refractivity (Wildman–Crippen MR) is 160 cm³/mol. The number of hydrogen-bond acceptors (Lipinski definition) is 7. The second kappa shape index (κ2) is 14.0. The van der Waals surface area contributed by atoms with Crippen LogP contribution in [0, 0.1) is 6.92 Å². The number of carbonyl (C=O) groups excluding carboxylic acids is 2. The van der Waals surface area contributed by atoms with Crippen molar-refractivity contribution >= 4 is 29.0 Å². The van der Waals surface area contributed by atoms with Crippen LogP contribution >= 0.6 is 0 Å². The maximum atomic E-state index is 13.0. The summed E-state index contributed by atoms with van der Waals surface area (Å²) in [6, 6.07) is 16.7. The number of benzene rings is 2. The molecule has 1 saturated heterocycles. The first-order valence-corrected chi connectivity index (χ1v) is 13.7. The molecule has 0 unspecified atom stereocenters. The van der Waals surface area contributed by atoms with Crippen LogP contribution < -0.4 is 15.5 Å². The number of aryl methyl sites for hydroxylation is 1. The van der Waals surface area contributed by atoms with E-state index in [1.807, 2.05) is 43.3 Å². The Morgan fingerprint density at radius 2 is 1.62 bits per heavy atom. The van der Waals surface area contributed by atoms with Crippen LogP contribution in [0.4, 0.5) is 17.2 Å². The summed E-state index contributed by atoms with van der Waals surface area (Å²) >= 11 is 0. The van der Waals surface area contributed by atoms with Crippen molar-refractivity contribution in [2.45, 2.75) is 19.9 Å². The third kappa shape index (κ3) is 8.35. The molecule has 1 aromatic heterocycles. The summed E-state index contributed by atoms with van der Waals surface area (Å²) in [5.74, 6) is 0.330. The molecule has 2 heterocycles. The molecule has 9 nitrogen and oxygen atoms in total. The Labute approximate surface area is 237 Å². The van der Waals surface area contributed by atoms with Gasteiger partial charge in [0, 0.05) is 48.3 Å². The van der Waals surface area contributed by atoms with Crippen LogP contribution in [0.15, 0.2) is 60.8 Å². The summed E-state index contributed by atoms with van der Waals surface area (Å²) in [6.45, 7) is 7.63. The van der Waals surface area contributed by atoms with Crippen LogP contribution in [-0.4, -0.2) is 87.1 Å². The maximum absolute atomic E-state index is 13.0. The number of aromatic nitrogens is 1. The van der Waals surface area contributed by atoms with Crippen molar-refractivity contribution in [2.75, 3.05) is 76.1 Å². The molecule has 0 saturated carbocycles. The maximum Gasteiger partial charge on any atom is 0.255 e. The topological polar surface area (TPSA) is 90.0 Å². The standard InChI is InChI=1S/C31H40N6O3/c1-23-6-11-27(33-31(39)26-12-13-32-29(20-26)37-16-18-40-19-17-37)21-28(23)34-30(38)25-9-7-24(8-10-25)22-36(4)15-5-14-35(2)3/h6-13,20-21H,5,14-19,22H2,1-4H3,(H,33,39)(H,34,38). The second-order valence-electron chi connectivity index (χ2n) is 10.5. The highest BCUT2D eigenvalue weighted by Crippen LogP contribution is 2.23. The number of carbonyl (C=O) groups is 2. The van der Waals surface area contributed by atoms with Crippen molar-refractivity contribution < 1.29 is 14.3 Å². The molecule has 40 heavy (non-hydrogen) atoms. The summed E-state index contributed by atoms with van der Waals surface area (Å²) in [6.07, 6.45) is 2.76. The number of ether oxygens (including phenoxy) is 1. The van der Waals surface area contributed by atoms with Gasteiger partial charge in [-0.15, -0.1) is 0 Å². The molecule has 212 valence electrons. The highest BCUT2D eigenvalue weighted by atomic mass is 16.5. The monoisotopic (exact) mass is 544 g/mol.